The molecule has 4 nitrogen and oxygen atoms in total. The van der Waals surface area contributed by atoms with Crippen LogP contribution in [0.1, 0.15) is 37.1 Å². The van der Waals surface area contributed by atoms with Crippen LogP contribution in [0.15, 0.2) is 16.6 Å². The number of aromatic nitrogens is 1. The Balaban J connectivity index is 1.86. The van der Waals surface area contributed by atoms with Crippen molar-refractivity contribution in [3.8, 4) is 0 Å². The van der Waals surface area contributed by atoms with Crippen molar-refractivity contribution in [2.75, 3.05) is 19.6 Å². The van der Waals surface area contributed by atoms with Crippen molar-refractivity contribution in [1.82, 2.24) is 9.88 Å². The summed E-state index contributed by atoms with van der Waals surface area (Å²) < 4.78 is 0. The lowest BCUT2D eigenvalue weighted by Gasteiger charge is -2.27. The van der Waals surface area contributed by atoms with Crippen LogP contribution >= 0.6 is 11.3 Å². The number of guanidine groups is 1. The molecule has 0 aliphatic carbocycles. The molecule has 1 unspecified atom stereocenters. The van der Waals surface area contributed by atoms with Crippen LogP contribution in [0.25, 0.3) is 0 Å². The molecule has 17 heavy (non-hydrogen) atoms. The maximum absolute atomic E-state index is 6.01. The van der Waals surface area contributed by atoms with Gasteiger partial charge in [0.2, 0.25) is 0 Å². The fourth-order valence-corrected chi connectivity index (χ4v) is 2.70. The van der Waals surface area contributed by atoms with E-state index in [-0.39, 0.29) is 0 Å². The Bertz CT molecular complexity index is 355. The number of hydrogen-bond acceptors (Lipinski definition) is 3. The standard InChI is InChI=1S/C12H20N4S/c1-10(11-14-5-8-17-11)9-15-12(13)16-6-3-2-4-7-16/h5,8,10H,2-4,6-7,9H2,1H3,(H2,13,15). The molecule has 0 bridgehead atoms. The van der Waals surface area contributed by atoms with E-state index in [1.165, 1.54) is 19.3 Å². The van der Waals surface area contributed by atoms with Crippen molar-refractivity contribution >= 4 is 17.3 Å². The van der Waals surface area contributed by atoms with E-state index in [1.807, 2.05) is 11.6 Å². The molecule has 1 fully saturated rings. The van der Waals surface area contributed by atoms with Gasteiger partial charge in [-0.2, -0.15) is 0 Å². The van der Waals surface area contributed by atoms with Crippen LogP contribution in [0.3, 0.4) is 0 Å². The molecular weight excluding hydrogens is 232 g/mol. The lowest BCUT2D eigenvalue weighted by atomic mass is 10.1. The zero-order valence-electron chi connectivity index (χ0n) is 10.3. The number of aliphatic imine (C=N–C) groups is 1. The number of piperidine rings is 1. The van der Waals surface area contributed by atoms with Crippen LogP contribution in [-0.2, 0) is 0 Å². The Hall–Kier alpha value is -1.10. The van der Waals surface area contributed by atoms with Gasteiger partial charge in [0.05, 0.1) is 11.6 Å². The Labute approximate surface area is 107 Å². The summed E-state index contributed by atoms with van der Waals surface area (Å²) in [5, 5.41) is 3.14. The second-order valence-corrected chi connectivity index (χ2v) is 5.44. The van der Waals surface area contributed by atoms with Gasteiger partial charge in [0.15, 0.2) is 5.96 Å². The van der Waals surface area contributed by atoms with Crippen LogP contribution < -0.4 is 5.73 Å². The molecule has 1 aromatic heterocycles. The minimum atomic E-state index is 0.360. The predicted molar refractivity (Wildman–Crippen MR) is 72.4 cm³/mol. The van der Waals surface area contributed by atoms with Crippen LogP contribution in [0.5, 0.6) is 0 Å². The van der Waals surface area contributed by atoms with Gasteiger partial charge in [-0.15, -0.1) is 11.3 Å². The summed E-state index contributed by atoms with van der Waals surface area (Å²) in [4.78, 5) is 11.0. The quantitative estimate of drug-likeness (QED) is 0.661. The number of nitrogens with two attached hydrogens (primary N) is 1. The summed E-state index contributed by atoms with van der Waals surface area (Å²) in [5.74, 6) is 1.06. The van der Waals surface area contributed by atoms with Gasteiger partial charge < -0.3 is 10.6 Å². The monoisotopic (exact) mass is 252 g/mol. The van der Waals surface area contributed by atoms with E-state index in [1.54, 1.807) is 11.3 Å². The SMILES string of the molecule is CC(CN=C(N)N1CCCCC1)c1nccs1. The van der Waals surface area contributed by atoms with Gasteiger partial charge >= 0.3 is 0 Å². The van der Waals surface area contributed by atoms with Crippen molar-refractivity contribution in [2.45, 2.75) is 32.1 Å². The molecule has 5 heteroatoms. The van der Waals surface area contributed by atoms with Crippen molar-refractivity contribution < 1.29 is 0 Å². The molecule has 1 aliphatic rings. The fourth-order valence-electron chi connectivity index (χ4n) is 2.01. The molecular formula is C12H20N4S. The third kappa shape index (κ3) is 3.43. The molecule has 0 radical (unpaired) electrons. The summed E-state index contributed by atoms with van der Waals surface area (Å²) in [6, 6.07) is 0. The van der Waals surface area contributed by atoms with Crippen molar-refractivity contribution in [3.05, 3.63) is 16.6 Å². The summed E-state index contributed by atoms with van der Waals surface area (Å²) >= 11 is 1.68. The van der Waals surface area contributed by atoms with Gasteiger partial charge in [0.1, 0.15) is 0 Å². The molecule has 0 amide bonds. The Morgan fingerprint density at radius 1 is 1.53 bits per heavy atom. The van der Waals surface area contributed by atoms with E-state index >= 15 is 0 Å². The van der Waals surface area contributed by atoms with Crippen LogP contribution in [0, 0.1) is 0 Å². The van der Waals surface area contributed by atoms with E-state index in [2.05, 4.69) is 21.8 Å². The van der Waals surface area contributed by atoms with Crippen molar-refractivity contribution in [1.29, 1.82) is 0 Å². The smallest absolute Gasteiger partial charge is 0.191 e. The van der Waals surface area contributed by atoms with Gasteiger partial charge in [-0.05, 0) is 19.3 Å². The minimum Gasteiger partial charge on any atom is -0.370 e. The zero-order valence-corrected chi connectivity index (χ0v) is 11.1. The first-order chi connectivity index (χ1) is 8.27. The van der Waals surface area contributed by atoms with E-state index < -0.39 is 0 Å². The van der Waals surface area contributed by atoms with E-state index in [4.69, 9.17) is 5.73 Å². The maximum atomic E-state index is 6.01. The summed E-state index contributed by atoms with van der Waals surface area (Å²) in [7, 11) is 0. The largest absolute Gasteiger partial charge is 0.370 e. The molecule has 0 aromatic carbocycles. The normalized spacial score (nSPS) is 19.4. The topological polar surface area (TPSA) is 54.5 Å². The number of likely N-dealkylation sites (tertiary alicyclic amines) is 1. The van der Waals surface area contributed by atoms with E-state index in [0.717, 1.165) is 24.6 Å². The predicted octanol–water partition coefficient (Wildman–Crippen LogP) is 2.05. The summed E-state index contributed by atoms with van der Waals surface area (Å²) in [6.45, 7) is 4.99. The molecule has 1 aliphatic heterocycles. The van der Waals surface area contributed by atoms with Crippen LogP contribution in [0.4, 0.5) is 0 Å². The van der Waals surface area contributed by atoms with E-state index in [9.17, 15) is 0 Å². The lowest BCUT2D eigenvalue weighted by molar-refractivity contribution is 0.338. The molecule has 2 N–H and O–H groups in total. The fraction of sp³-hybridized carbons (Fsp3) is 0.667. The Kier molecular flexibility index (Phi) is 4.36. The number of nitrogens with zero attached hydrogens (tertiary/aromatic N) is 3. The highest BCUT2D eigenvalue weighted by molar-refractivity contribution is 7.09. The Morgan fingerprint density at radius 2 is 2.29 bits per heavy atom. The van der Waals surface area contributed by atoms with Crippen LogP contribution in [0.2, 0.25) is 0 Å². The first kappa shape index (κ1) is 12.4. The second-order valence-electron chi connectivity index (χ2n) is 4.52. The van der Waals surface area contributed by atoms with Gasteiger partial charge in [0, 0.05) is 30.6 Å². The van der Waals surface area contributed by atoms with Gasteiger partial charge in [-0.3, -0.25) is 4.99 Å². The van der Waals surface area contributed by atoms with Crippen molar-refractivity contribution in [2.24, 2.45) is 10.7 Å². The minimum absolute atomic E-state index is 0.360. The number of thiazole rings is 1. The number of hydrogen-bond donors (Lipinski definition) is 1. The lowest BCUT2D eigenvalue weighted by Crippen LogP contribution is -2.41. The third-order valence-corrected chi connectivity index (χ3v) is 4.09. The molecule has 2 rings (SSSR count). The van der Waals surface area contributed by atoms with Crippen LogP contribution in [-0.4, -0.2) is 35.5 Å². The highest BCUT2D eigenvalue weighted by atomic mass is 32.1. The summed E-state index contributed by atoms with van der Waals surface area (Å²) in [5.41, 5.74) is 6.01. The molecule has 1 saturated heterocycles. The first-order valence-corrected chi connectivity index (χ1v) is 7.09. The van der Waals surface area contributed by atoms with Crippen molar-refractivity contribution in [3.63, 3.8) is 0 Å². The highest BCUT2D eigenvalue weighted by Gasteiger charge is 2.13. The molecule has 0 saturated carbocycles. The maximum Gasteiger partial charge on any atom is 0.191 e. The second kappa shape index (κ2) is 6.00. The molecule has 94 valence electrons. The van der Waals surface area contributed by atoms with Gasteiger partial charge in [-0.25, -0.2) is 4.98 Å². The average molecular weight is 252 g/mol. The molecule has 1 aromatic rings. The van der Waals surface area contributed by atoms with Gasteiger partial charge in [0.25, 0.3) is 0 Å². The number of rotatable bonds is 3. The molecule has 0 spiro atoms. The average Bonchev–Trinajstić information content (AvgIpc) is 2.90. The van der Waals surface area contributed by atoms with E-state index in [0.29, 0.717) is 11.9 Å². The van der Waals surface area contributed by atoms with Gasteiger partial charge in [-0.1, -0.05) is 6.92 Å². The highest BCUT2D eigenvalue weighted by Crippen LogP contribution is 2.17. The Morgan fingerprint density at radius 3 is 2.94 bits per heavy atom. The molecule has 1 atom stereocenters. The first-order valence-electron chi connectivity index (χ1n) is 6.21. The third-order valence-electron chi connectivity index (χ3n) is 3.08. The molecule has 2 heterocycles. The summed E-state index contributed by atoms with van der Waals surface area (Å²) in [6.07, 6.45) is 5.63. The zero-order chi connectivity index (χ0) is 12.1.